The van der Waals surface area contributed by atoms with Gasteiger partial charge in [-0.1, -0.05) is 54.6 Å². The molecule has 0 fully saturated rings. The molecule has 0 spiro atoms. The van der Waals surface area contributed by atoms with Crippen molar-refractivity contribution < 1.29 is 9.18 Å². The number of fused-ring (bicyclic) bond motifs is 1. The van der Waals surface area contributed by atoms with Gasteiger partial charge in [0.15, 0.2) is 0 Å². The lowest BCUT2D eigenvalue weighted by Gasteiger charge is -2.18. The zero-order valence-electron chi connectivity index (χ0n) is 19.7. The van der Waals surface area contributed by atoms with Crippen molar-refractivity contribution in [2.45, 2.75) is 13.0 Å². The van der Waals surface area contributed by atoms with E-state index in [2.05, 4.69) is 16.8 Å². The van der Waals surface area contributed by atoms with Gasteiger partial charge in [0.1, 0.15) is 11.6 Å². The van der Waals surface area contributed by atoms with Crippen LogP contribution in [0.25, 0.3) is 28.5 Å². The molecule has 1 amide bonds. The van der Waals surface area contributed by atoms with E-state index in [1.54, 1.807) is 30.3 Å². The van der Waals surface area contributed by atoms with E-state index < -0.39 is 0 Å². The van der Waals surface area contributed by atoms with Gasteiger partial charge in [0.2, 0.25) is 5.91 Å². The van der Waals surface area contributed by atoms with Crippen molar-refractivity contribution in [3.05, 3.63) is 120 Å². The predicted molar refractivity (Wildman–Crippen MR) is 144 cm³/mol. The van der Waals surface area contributed by atoms with Crippen molar-refractivity contribution in [1.82, 2.24) is 9.55 Å². The number of rotatable bonds is 6. The van der Waals surface area contributed by atoms with Gasteiger partial charge < -0.3 is 15.6 Å². The van der Waals surface area contributed by atoms with Crippen molar-refractivity contribution in [1.29, 1.82) is 0 Å². The molecule has 1 atom stereocenters. The summed E-state index contributed by atoms with van der Waals surface area (Å²) in [6, 6.07) is 29.4. The van der Waals surface area contributed by atoms with Crippen LogP contribution in [0, 0.1) is 5.82 Å². The molecule has 0 aliphatic carbocycles. The zero-order valence-corrected chi connectivity index (χ0v) is 19.7. The third-order valence-corrected chi connectivity index (χ3v) is 6.13. The number of nitrogens with one attached hydrogen (secondary N) is 1. The molecule has 4 aromatic carbocycles. The van der Waals surface area contributed by atoms with E-state index in [0.29, 0.717) is 11.4 Å². The monoisotopic (exact) mass is 476 g/mol. The van der Waals surface area contributed by atoms with Gasteiger partial charge in [-0.3, -0.25) is 4.79 Å². The number of carbonyl (C=O) groups excluding carboxylic acids is 1. The van der Waals surface area contributed by atoms with Crippen LogP contribution in [-0.2, 0) is 4.79 Å². The molecule has 0 unspecified atom stereocenters. The van der Waals surface area contributed by atoms with Crippen LogP contribution in [0.2, 0.25) is 0 Å². The summed E-state index contributed by atoms with van der Waals surface area (Å²) in [6.07, 6.45) is 3.24. The minimum absolute atomic E-state index is 0.0747. The number of nitrogen functional groups attached to an aromatic ring is 1. The van der Waals surface area contributed by atoms with Crippen molar-refractivity contribution in [2.24, 2.45) is 0 Å². The SMILES string of the molecule is C[C@H](c1ccc(F)cc1)n1c(-c2cccc(C=CC(=O)Nc3ccccc3N)c2)nc2ccccc21. The lowest BCUT2D eigenvalue weighted by Crippen LogP contribution is -2.09. The maximum Gasteiger partial charge on any atom is 0.248 e. The highest BCUT2D eigenvalue weighted by Gasteiger charge is 2.18. The van der Waals surface area contributed by atoms with Gasteiger partial charge in [0, 0.05) is 11.6 Å². The van der Waals surface area contributed by atoms with Crippen LogP contribution in [0.4, 0.5) is 15.8 Å². The summed E-state index contributed by atoms with van der Waals surface area (Å²) in [5.74, 6) is 0.264. The number of nitrogens with two attached hydrogens (primary N) is 1. The van der Waals surface area contributed by atoms with Crippen LogP contribution in [0.3, 0.4) is 0 Å². The van der Waals surface area contributed by atoms with Crippen LogP contribution >= 0.6 is 0 Å². The van der Waals surface area contributed by atoms with Crippen LogP contribution in [-0.4, -0.2) is 15.5 Å². The maximum absolute atomic E-state index is 13.5. The topological polar surface area (TPSA) is 72.9 Å². The first-order chi connectivity index (χ1) is 17.5. The minimum atomic E-state index is -0.268. The Bertz CT molecular complexity index is 1570. The number of hydrogen-bond donors (Lipinski definition) is 2. The Balaban J connectivity index is 1.48. The first-order valence-electron chi connectivity index (χ1n) is 11.7. The van der Waals surface area contributed by atoms with Gasteiger partial charge in [-0.2, -0.15) is 0 Å². The van der Waals surface area contributed by atoms with E-state index in [-0.39, 0.29) is 17.8 Å². The number of imidazole rings is 1. The Morgan fingerprint density at radius 1 is 0.972 bits per heavy atom. The second-order valence-corrected chi connectivity index (χ2v) is 8.56. The molecule has 0 aliphatic heterocycles. The summed E-state index contributed by atoms with van der Waals surface area (Å²) < 4.78 is 15.7. The number of carbonyl (C=O) groups is 1. The first-order valence-corrected chi connectivity index (χ1v) is 11.7. The summed E-state index contributed by atoms with van der Waals surface area (Å²) in [6.45, 7) is 2.08. The Hall–Kier alpha value is -4.71. The summed E-state index contributed by atoms with van der Waals surface area (Å²) in [7, 11) is 0. The number of benzene rings is 4. The zero-order chi connectivity index (χ0) is 25.1. The number of aromatic nitrogens is 2. The van der Waals surface area contributed by atoms with Crippen molar-refractivity contribution in [3.8, 4) is 11.4 Å². The third-order valence-electron chi connectivity index (χ3n) is 6.13. The molecule has 178 valence electrons. The van der Waals surface area contributed by atoms with Crippen LogP contribution in [0.15, 0.2) is 103 Å². The van der Waals surface area contributed by atoms with Gasteiger partial charge in [-0.15, -0.1) is 0 Å². The Morgan fingerprint density at radius 2 is 1.72 bits per heavy atom. The fourth-order valence-electron chi connectivity index (χ4n) is 4.27. The normalized spacial score (nSPS) is 12.2. The highest BCUT2D eigenvalue weighted by Crippen LogP contribution is 2.32. The second kappa shape index (κ2) is 9.88. The van der Waals surface area contributed by atoms with Crippen LogP contribution in [0.5, 0.6) is 0 Å². The quantitative estimate of drug-likeness (QED) is 0.212. The van der Waals surface area contributed by atoms with Gasteiger partial charge in [0.25, 0.3) is 0 Å². The number of para-hydroxylation sites is 4. The fraction of sp³-hybridized carbons (Fsp3) is 0.0667. The summed E-state index contributed by atoms with van der Waals surface area (Å²) in [4.78, 5) is 17.4. The molecule has 0 saturated heterocycles. The first kappa shape index (κ1) is 23.1. The molecule has 6 heteroatoms. The molecular weight excluding hydrogens is 451 g/mol. The molecule has 5 rings (SSSR count). The fourth-order valence-corrected chi connectivity index (χ4v) is 4.27. The largest absolute Gasteiger partial charge is 0.397 e. The maximum atomic E-state index is 13.5. The number of nitrogens with zero attached hydrogens (tertiary/aromatic N) is 2. The molecule has 0 radical (unpaired) electrons. The molecular formula is C30H25FN4O. The Kier molecular flexibility index (Phi) is 6.33. The van der Waals surface area contributed by atoms with E-state index in [1.807, 2.05) is 60.7 Å². The number of amides is 1. The van der Waals surface area contributed by atoms with Crippen molar-refractivity contribution in [3.63, 3.8) is 0 Å². The molecule has 0 bridgehead atoms. The molecule has 3 N–H and O–H groups in total. The number of anilines is 2. The van der Waals surface area contributed by atoms with E-state index in [4.69, 9.17) is 10.7 Å². The van der Waals surface area contributed by atoms with Crippen LogP contribution in [0.1, 0.15) is 24.1 Å². The highest BCUT2D eigenvalue weighted by atomic mass is 19.1. The van der Waals surface area contributed by atoms with Crippen molar-refractivity contribution >= 4 is 34.4 Å². The van der Waals surface area contributed by atoms with Crippen molar-refractivity contribution in [2.75, 3.05) is 11.1 Å². The minimum Gasteiger partial charge on any atom is -0.397 e. The second-order valence-electron chi connectivity index (χ2n) is 8.56. The van der Waals surface area contributed by atoms with Gasteiger partial charge >= 0.3 is 0 Å². The highest BCUT2D eigenvalue weighted by molar-refractivity contribution is 6.03. The average molecular weight is 477 g/mol. The molecule has 0 aliphatic rings. The van der Waals surface area contributed by atoms with E-state index in [9.17, 15) is 9.18 Å². The predicted octanol–water partition coefficient (Wildman–Crippen LogP) is 6.69. The lowest BCUT2D eigenvalue weighted by molar-refractivity contribution is -0.111. The Labute approximate surface area is 208 Å². The van der Waals surface area contributed by atoms with Crippen LogP contribution < -0.4 is 11.1 Å². The van der Waals surface area contributed by atoms with Gasteiger partial charge in [-0.05, 0) is 66.6 Å². The molecule has 5 aromatic rings. The third kappa shape index (κ3) is 4.74. The smallest absolute Gasteiger partial charge is 0.248 e. The molecule has 5 nitrogen and oxygen atoms in total. The lowest BCUT2D eigenvalue weighted by atomic mass is 10.1. The van der Waals surface area contributed by atoms with E-state index in [0.717, 1.165) is 33.5 Å². The van der Waals surface area contributed by atoms with Gasteiger partial charge in [0.05, 0.1) is 28.5 Å². The van der Waals surface area contributed by atoms with Gasteiger partial charge in [-0.25, -0.2) is 9.37 Å². The number of halogens is 1. The van der Waals surface area contributed by atoms with E-state index in [1.165, 1.54) is 18.2 Å². The standard InChI is InChI=1S/C30H25FN4O/c1-20(22-14-16-24(31)17-15-22)35-28-12-5-4-11-27(28)34-30(35)23-8-6-7-21(19-23)13-18-29(36)33-26-10-3-2-9-25(26)32/h2-20H,32H2,1H3,(H,33,36)/t20-/m1/s1. The summed E-state index contributed by atoms with van der Waals surface area (Å²) in [5, 5.41) is 2.80. The average Bonchev–Trinajstić information content (AvgIpc) is 3.29. The summed E-state index contributed by atoms with van der Waals surface area (Å²) >= 11 is 0. The molecule has 36 heavy (non-hydrogen) atoms. The molecule has 1 heterocycles. The van der Waals surface area contributed by atoms with E-state index >= 15 is 0 Å². The molecule has 0 saturated carbocycles. The molecule has 1 aromatic heterocycles. The Morgan fingerprint density at radius 3 is 2.53 bits per heavy atom. The number of hydrogen-bond acceptors (Lipinski definition) is 3. The summed E-state index contributed by atoms with van der Waals surface area (Å²) in [5.41, 5.74) is 11.6.